The van der Waals surface area contributed by atoms with Crippen LogP contribution in [-0.4, -0.2) is 29.3 Å². The summed E-state index contributed by atoms with van der Waals surface area (Å²) in [4.78, 5) is 23.1. The Morgan fingerprint density at radius 2 is 2.22 bits per heavy atom. The van der Waals surface area contributed by atoms with Gasteiger partial charge < -0.3 is 20.5 Å². The highest BCUT2D eigenvalue weighted by Crippen LogP contribution is 2.38. The summed E-state index contributed by atoms with van der Waals surface area (Å²) in [5.74, 6) is 0.00836. The molecule has 1 saturated heterocycles. The van der Waals surface area contributed by atoms with Crippen molar-refractivity contribution in [1.82, 2.24) is 5.32 Å². The van der Waals surface area contributed by atoms with E-state index in [-0.39, 0.29) is 12.5 Å². The Morgan fingerprint density at radius 1 is 1.48 bits per heavy atom. The number of benzene rings is 1. The zero-order valence-corrected chi connectivity index (χ0v) is 15.3. The van der Waals surface area contributed by atoms with Crippen LogP contribution in [0.2, 0.25) is 0 Å². The highest BCUT2D eigenvalue weighted by Gasteiger charge is 2.22. The van der Waals surface area contributed by atoms with Crippen LogP contribution in [0.15, 0.2) is 21.5 Å². The number of nitrogens with one attached hydrogen (secondary N) is 1. The first-order chi connectivity index (χ1) is 10.9. The predicted octanol–water partition coefficient (Wildman–Crippen LogP) is 2.20. The van der Waals surface area contributed by atoms with Crippen molar-refractivity contribution in [2.24, 2.45) is 5.73 Å². The fraction of sp³-hybridized carbons (Fsp3) is 0.214. The van der Waals surface area contributed by atoms with Crippen molar-refractivity contribution >= 4 is 62.1 Å². The van der Waals surface area contributed by atoms with Gasteiger partial charge in [-0.05, 0) is 46.6 Å². The number of amides is 2. The number of ether oxygens (including phenoxy) is 2. The molecule has 0 unspecified atom stereocenters. The van der Waals surface area contributed by atoms with E-state index in [2.05, 4.69) is 21.2 Å². The van der Waals surface area contributed by atoms with Crippen LogP contribution in [0.5, 0.6) is 11.5 Å². The molecule has 0 spiro atoms. The number of carbonyl (C=O) groups excluding carboxylic acids is 2. The van der Waals surface area contributed by atoms with Crippen molar-refractivity contribution in [3.05, 3.63) is 27.1 Å². The molecule has 0 aromatic heterocycles. The van der Waals surface area contributed by atoms with Crippen molar-refractivity contribution in [2.45, 2.75) is 6.92 Å². The molecule has 23 heavy (non-hydrogen) atoms. The molecule has 3 N–H and O–H groups in total. The second kappa shape index (κ2) is 7.80. The molecule has 2 amide bonds. The lowest BCUT2D eigenvalue weighted by molar-refractivity contribution is -0.120. The SMILES string of the molecule is CCOc1cc(/C=C2\SC(=S)NC2=O)cc(Br)c1OCC(N)=O. The average Bonchev–Trinajstić information content (AvgIpc) is 2.76. The van der Waals surface area contributed by atoms with Gasteiger partial charge in [-0.2, -0.15) is 0 Å². The molecule has 0 saturated carbocycles. The lowest BCUT2D eigenvalue weighted by Gasteiger charge is -2.13. The second-order valence-corrected chi connectivity index (χ2v) is 6.94. The van der Waals surface area contributed by atoms with E-state index in [9.17, 15) is 9.59 Å². The third-order valence-corrected chi connectivity index (χ3v) is 4.38. The fourth-order valence-electron chi connectivity index (χ4n) is 1.79. The van der Waals surface area contributed by atoms with Crippen LogP contribution in [0.1, 0.15) is 12.5 Å². The third kappa shape index (κ3) is 4.69. The van der Waals surface area contributed by atoms with E-state index in [1.165, 1.54) is 11.8 Å². The minimum absolute atomic E-state index is 0.233. The fourth-order valence-corrected chi connectivity index (χ4v) is 3.41. The Morgan fingerprint density at radius 3 is 2.78 bits per heavy atom. The molecular weight excluding hydrogens is 404 g/mol. The van der Waals surface area contributed by atoms with E-state index >= 15 is 0 Å². The Hall–Kier alpha value is -1.58. The summed E-state index contributed by atoms with van der Waals surface area (Å²) < 4.78 is 11.9. The molecule has 1 aliphatic heterocycles. The van der Waals surface area contributed by atoms with Gasteiger partial charge in [-0.25, -0.2) is 0 Å². The maximum atomic E-state index is 11.7. The van der Waals surface area contributed by atoms with Gasteiger partial charge in [0.1, 0.15) is 4.32 Å². The number of halogens is 1. The summed E-state index contributed by atoms with van der Waals surface area (Å²) in [6.07, 6.45) is 1.70. The van der Waals surface area contributed by atoms with Crippen LogP contribution >= 0.6 is 39.9 Å². The molecule has 0 radical (unpaired) electrons. The molecule has 1 aromatic carbocycles. The molecule has 1 fully saturated rings. The van der Waals surface area contributed by atoms with Crippen molar-refractivity contribution in [1.29, 1.82) is 0 Å². The van der Waals surface area contributed by atoms with Crippen LogP contribution in [0.4, 0.5) is 0 Å². The van der Waals surface area contributed by atoms with Gasteiger partial charge in [0.2, 0.25) is 0 Å². The highest BCUT2D eigenvalue weighted by atomic mass is 79.9. The molecule has 0 atom stereocenters. The number of nitrogens with two attached hydrogens (primary N) is 1. The highest BCUT2D eigenvalue weighted by molar-refractivity contribution is 9.10. The summed E-state index contributed by atoms with van der Waals surface area (Å²) in [5, 5.41) is 2.55. The number of primary amides is 1. The van der Waals surface area contributed by atoms with E-state index in [1.807, 2.05) is 6.92 Å². The van der Waals surface area contributed by atoms with Gasteiger partial charge in [0.15, 0.2) is 18.1 Å². The maximum Gasteiger partial charge on any atom is 0.263 e. The maximum absolute atomic E-state index is 11.7. The Kier molecular flexibility index (Phi) is 6.03. The van der Waals surface area contributed by atoms with Crippen molar-refractivity contribution in [3.8, 4) is 11.5 Å². The van der Waals surface area contributed by atoms with Crippen LogP contribution in [0, 0.1) is 0 Å². The van der Waals surface area contributed by atoms with Gasteiger partial charge in [0, 0.05) is 0 Å². The molecule has 1 aliphatic rings. The molecule has 122 valence electrons. The standard InChI is InChI=1S/C14H13BrN2O4S2/c1-2-20-9-4-7(5-10-13(19)17-14(22)23-10)3-8(15)12(9)21-6-11(16)18/h3-5H,2,6H2,1H3,(H2,16,18)(H,17,19,22)/b10-5-. The topological polar surface area (TPSA) is 90.7 Å². The largest absolute Gasteiger partial charge is 0.490 e. The first-order valence-corrected chi connectivity index (χ1v) is 8.54. The zero-order valence-electron chi connectivity index (χ0n) is 12.1. The smallest absolute Gasteiger partial charge is 0.263 e. The second-order valence-electron chi connectivity index (χ2n) is 4.37. The minimum Gasteiger partial charge on any atom is -0.490 e. The minimum atomic E-state index is -0.585. The van der Waals surface area contributed by atoms with Crippen molar-refractivity contribution in [3.63, 3.8) is 0 Å². The van der Waals surface area contributed by atoms with Gasteiger partial charge in [-0.15, -0.1) is 0 Å². The normalized spacial score (nSPS) is 15.7. The van der Waals surface area contributed by atoms with E-state index in [1.54, 1.807) is 18.2 Å². The van der Waals surface area contributed by atoms with Gasteiger partial charge in [0.25, 0.3) is 11.8 Å². The molecule has 1 aromatic rings. The van der Waals surface area contributed by atoms with Crippen molar-refractivity contribution < 1.29 is 19.1 Å². The number of carbonyl (C=O) groups is 2. The summed E-state index contributed by atoms with van der Waals surface area (Å²) in [7, 11) is 0. The van der Waals surface area contributed by atoms with Gasteiger partial charge >= 0.3 is 0 Å². The van der Waals surface area contributed by atoms with Gasteiger partial charge in [-0.1, -0.05) is 24.0 Å². The number of thiocarbonyl (C=S) groups is 1. The lowest BCUT2D eigenvalue weighted by atomic mass is 10.2. The summed E-state index contributed by atoms with van der Waals surface area (Å²) in [6.45, 7) is 1.99. The Bertz CT molecular complexity index is 706. The lowest BCUT2D eigenvalue weighted by Crippen LogP contribution is -2.20. The predicted molar refractivity (Wildman–Crippen MR) is 96.3 cm³/mol. The number of thioether (sulfide) groups is 1. The average molecular weight is 417 g/mol. The number of rotatable bonds is 6. The first kappa shape index (κ1) is 17.8. The number of hydrogen-bond acceptors (Lipinski definition) is 6. The van der Waals surface area contributed by atoms with Crippen LogP contribution in [-0.2, 0) is 9.59 Å². The third-order valence-electron chi connectivity index (χ3n) is 2.63. The zero-order chi connectivity index (χ0) is 17.0. The summed E-state index contributed by atoms with van der Waals surface area (Å²) in [5.41, 5.74) is 5.82. The van der Waals surface area contributed by atoms with Crippen LogP contribution < -0.4 is 20.5 Å². The molecule has 0 aliphatic carbocycles. The molecule has 1 heterocycles. The Balaban J connectivity index is 2.35. The molecule has 6 nitrogen and oxygen atoms in total. The van der Waals surface area contributed by atoms with E-state index < -0.39 is 5.91 Å². The van der Waals surface area contributed by atoms with E-state index in [0.717, 1.165) is 5.56 Å². The van der Waals surface area contributed by atoms with Crippen LogP contribution in [0.3, 0.4) is 0 Å². The van der Waals surface area contributed by atoms with Crippen molar-refractivity contribution in [2.75, 3.05) is 13.2 Å². The first-order valence-electron chi connectivity index (χ1n) is 6.53. The van der Waals surface area contributed by atoms with Crippen LogP contribution in [0.25, 0.3) is 6.08 Å². The quantitative estimate of drug-likeness (QED) is 0.545. The van der Waals surface area contributed by atoms with E-state index in [0.29, 0.717) is 31.8 Å². The number of hydrogen-bond donors (Lipinski definition) is 2. The van der Waals surface area contributed by atoms with Gasteiger partial charge in [-0.3, -0.25) is 9.59 Å². The summed E-state index contributed by atoms with van der Waals surface area (Å²) in [6, 6.07) is 3.47. The van der Waals surface area contributed by atoms with Gasteiger partial charge in [0.05, 0.1) is 16.0 Å². The molecule has 2 rings (SSSR count). The molecular formula is C14H13BrN2O4S2. The molecule has 9 heteroatoms. The Labute approximate surface area is 150 Å². The molecule has 0 bridgehead atoms. The summed E-state index contributed by atoms with van der Waals surface area (Å²) >= 11 is 9.52. The monoisotopic (exact) mass is 416 g/mol. The van der Waals surface area contributed by atoms with E-state index in [4.69, 9.17) is 27.4 Å².